The van der Waals surface area contributed by atoms with Crippen LogP contribution in [0.1, 0.15) is 38.5 Å². The minimum atomic E-state index is -0.197. The number of aliphatic hydroxyl groups is 1. The Morgan fingerprint density at radius 3 is 2.58 bits per heavy atom. The van der Waals surface area contributed by atoms with Crippen molar-refractivity contribution >= 4 is 11.6 Å². The summed E-state index contributed by atoms with van der Waals surface area (Å²) in [7, 11) is 1.61. The van der Waals surface area contributed by atoms with E-state index in [2.05, 4.69) is 10.2 Å². The van der Waals surface area contributed by atoms with E-state index in [1.807, 2.05) is 24.3 Å². The first-order chi connectivity index (χ1) is 11.7. The number of benzene rings is 1. The maximum absolute atomic E-state index is 12.5. The van der Waals surface area contributed by atoms with E-state index in [9.17, 15) is 9.90 Å². The SMILES string of the molecule is COc1ccccc1NC(=O)C1CCN(C2CCCCC2O)CC1. The molecule has 1 aliphatic carbocycles. The van der Waals surface area contributed by atoms with Gasteiger partial charge in [0.25, 0.3) is 0 Å². The Bertz CT molecular complexity index is 555. The van der Waals surface area contributed by atoms with Crippen molar-refractivity contribution in [3.05, 3.63) is 24.3 Å². The molecule has 2 aliphatic rings. The van der Waals surface area contributed by atoms with Crippen molar-refractivity contribution in [2.24, 2.45) is 5.92 Å². The van der Waals surface area contributed by atoms with Gasteiger partial charge in [-0.15, -0.1) is 0 Å². The highest BCUT2D eigenvalue weighted by Crippen LogP contribution is 2.29. The van der Waals surface area contributed by atoms with Crippen molar-refractivity contribution in [1.82, 2.24) is 4.90 Å². The molecule has 0 aromatic heterocycles. The van der Waals surface area contributed by atoms with Crippen LogP contribution in [0.15, 0.2) is 24.3 Å². The lowest BCUT2D eigenvalue weighted by Gasteiger charge is -2.41. The van der Waals surface area contributed by atoms with E-state index < -0.39 is 0 Å². The molecule has 1 aromatic rings. The Labute approximate surface area is 144 Å². The maximum Gasteiger partial charge on any atom is 0.227 e. The minimum Gasteiger partial charge on any atom is -0.495 e. The summed E-state index contributed by atoms with van der Waals surface area (Å²) in [5.41, 5.74) is 0.732. The Morgan fingerprint density at radius 1 is 1.17 bits per heavy atom. The topological polar surface area (TPSA) is 61.8 Å². The molecule has 1 saturated heterocycles. The third-order valence-electron chi connectivity index (χ3n) is 5.43. The van der Waals surface area contributed by atoms with Gasteiger partial charge in [0.2, 0.25) is 5.91 Å². The summed E-state index contributed by atoms with van der Waals surface area (Å²) in [6.07, 6.45) is 5.84. The van der Waals surface area contributed by atoms with Crippen LogP contribution < -0.4 is 10.1 Å². The van der Waals surface area contributed by atoms with Crippen LogP contribution in [0.4, 0.5) is 5.69 Å². The molecule has 1 saturated carbocycles. The van der Waals surface area contributed by atoms with Crippen molar-refractivity contribution in [3.63, 3.8) is 0 Å². The number of para-hydroxylation sites is 2. The summed E-state index contributed by atoms with van der Waals surface area (Å²) in [5, 5.41) is 13.2. The fourth-order valence-corrected chi connectivity index (χ4v) is 3.99. The zero-order chi connectivity index (χ0) is 16.9. The number of nitrogens with zero attached hydrogens (tertiary/aromatic N) is 1. The number of carbonyl (C=O) groups is 1. The monoisotopic (exact) mass is 332 g/mol. The number of amides is 1. The van der Waals surface area contributed by atoms with Gasteiger partial charge in [0.05, 0.1) is 18.9 Å². The molecule has 2 N–H and O–H groups in total. The summed E-state index contributed by atoms with van der Waals surface area (Å²) in [6.45, 7) is 1.79. The van der Waals surface area contributed by atoms with Crippen molar-refractivity contribution in [2.45, 2.75) is 50.7 Å². The zero-order valence-electron chi connectivity index (χ0n) is 14.4. The van der Waals surface area contributed by atoms with E-state index in [4.69, 9.17) is 4.74 Å². The summed E-state index contributed by atoms with van der Waals surface area (Å²) >= 11 is 0. The molecular formula is C19H28N2O3. The highest BCUT2D eigenvalue weighted by atomic mass is 16.5. The Hall–Kier alpha value is -1.59. The standard InChI is InChI=1S/C19H28N2O3/c1-24-18-9-5-2-6-15(18)20-19(23)14-10-12-21(13-11-14)16-7-3-4-8-17(16)22/h2,5-6,9,14,16-17,22H,3-4,7-8,10-13H2,1H3,(H,20,23). The van der Waals surface area contributed by atoms with Crippen LogP contribution in [-0.4, -0.2) is 48.3 Å². The molecule has 0 bridgehead atoms. The molecule has 1 heterocycles. The number of carbonyl (C=O) groups excluding carboxylic acids is 1. The van der Waals surface area contributed by atoms with Crippen molar-refractivity contribution in [1.29, 1.82) is 0 Å². The molecule has 132 valence electrons. The lowest BCUT2D eigenvalue weighted by Crippen LogP contribution is -2.49. The van der Waals surface area contributed by atoms with E-state index in [0.717, 1.165) is 50.9 Å². The number of methoxy groups -OCH3 is 1. The summed E-state index contributed by atoms with van der Waals surface area (Å²) in [4.78, 5) is 14.9. The highest BCUT2D eigenvalue weighted by molar-refractivity contribution is 5.94. The first-order valence-electron chi connectivity index (χ1n) is 9.05. The lowest BCUT2D eigenvalue weighted by atomic mass is 9.88. The molecule has 1 aromatic carbocycles. The van der Waals surface area contributed by atoms with Gasteiger partial charge in [-0.25, -0.2) is 0 Å². The van der Waals surface area contributed by atoms with Gasteiger partial charge < -0.3 is 15.2 Å². The number of likely N-dealkylation sites (tertiary alicyclic amines) is 1. The predicted octanol–water partition coefficient (Wildman–Crippen LogP) is 2.65. The second-order valence-electron chi connectivity index (χ2n) is 6.92. The molecule has 5 heteroatoms. The van der Waals surface area contributed by atoms with Gasteiger partial charge >= 0.3 is 0 Å². The van der Waals surface area contributed by atoms with Crippen LogP contribution in [0, 0.1) is 5.92 Å². The lowest BCUT2D eigenvalue weighted by molar-refractivity contribution is -0.121. The third-order valence-corrected chi connectivity index (χ3v) is 5.43. The van der Waals surface area contributed by atoms with Gasteiger partial charge in [-0.3, -0.25) is 9.69 Å². The average Bonchev–Trinajstić information content (AvgIpc) is 2.63. The number of hydrogen-bond acceptors (Lipinski definition) is 4. The fourth-order valence-electron chi connectivity index (χ4n) is 3.99. The Kier molecular flexibility index (Phi) is 5.74. The van der Waals surface area contributed by atoms with E-state index in [-0.39, 0.29) is 24.0 Å². The van der Waals surface area contributed by atoms with Crippen molar-refractivity contribution in [3.8, 4) is 5.75 Å². The third kappa shape index (κ3) is 3.90. The number of rotatable bonds is 4. The second-order valence-corrected chi connectivity index (χ2v) is 6.92. The number of ether oxygens (including phenoxy) is 1. The molecule has 0 radical (unpaired) electrons. The molecular weight excluding hydrogens is 304 g/mol. The summed E-state index contributed by atoms with van der Waals surface area (Å²) in [5.74, 6) is 0.795. The highest BCUT2D eigenvalue weighted by Gasteiger charge is 2.33. The second kappa shape index (κ2) is 7.99. The summed E-state index contributed by atoms with van der Waals surface area (Å²) in [6, 6.07) is 7.79. The zero-order valence-corrected chi connectivity index (χ0v) is 14.4. The van der Waals surface area contributed by atoms with E-state index in [0.29, 0.717) is 5.75 Å². The molecule has 1 amide bonds. The van der Waals surface area contributed by atoms with Crippen LogP contribution in [-0.2, 0) is 4.79 Å². The van der Waals surface area contributed by atoms with E-state index >= 15 is 0 Å². The quantitative estimate of drug-likeness (QED) is 0.890. The van der Waals surface area contributed by atoms with Gasteiger partial charge in [-0.2, -0.15) is 0 Å². The van der Waals surface area contributed by atoms with Crippen molar-refractivity contribution in [2.75, 3.05) is 25.5 Å². The van der Waals surface area contributed by atoms with E-state index in [1.165, 1.54) is 6.42 Å². The van der Waals surface area contributed by atoms with E-state index in [1.54, 1.807) is 7.11 Å². The molecule has 0 spiro atoms. The molecule has 2 atom stereocenters. The van der Waals surface area contributed by atoms with Gasteiger partial charge in [-0.05, 0) is 50.9 Å². The number of hydrogen-bond donors (Lipinski definition) is 2. The Morgan fingerprint density at radius 2 is 1.88 bits per heavy atom. The normalized spacial score (nSPS) is 26.1. The largest absolute Gasteiger partial charge is 0.495 e. The van der Waals surface area contributed by atoms with Crippen LogP contribution in [0.5, 0.6) is 5.75 Å². The molecule has 2 fully saturated rings. The molecule has 24 heavy (non-hydrogen) atoms. The number of aliphatic hydroxyl groups excluding tert-OH is 1. The first-order valence-corrected chi connectivity index (χ1v) is 9.05. The van der Waals surface area contributed by atoms with Gasteiger partial charge in [0.1, 0.15) is 5.75 Å². The molecule has 3 rings (SSSR count). The molecule has 5 nitrogen and oxygen atoms in total. The van der Waals surface area contributed by atoms with Crippen molar-refractivity contribution < 1.29 is 14.6 Å². The van der Waals surface area contributed by atoms with Gasteiger partial charge in [0, 0.05) is 12.0 Å². The Balaban J connectivity index is 1.53. The molecule has 1 aliphatic heterocycles. The minimum absolute atomic E-state index is 0.0342. The van der Waals surface area contributed by atoms with Crippen LogP contribution >= 0.6 is 0 Å². The number of nitrogens with one attached hydrogen (secondary N) is 1. The fraction of sp³-hybridized carbons (Fsp3) is 0.632. The number of anilines is 1. The first kappa shape index (κ1) is 17.2. The maximum atomic E-state index is 12.5. The van der Waals surface area contributed by atoms with Crippen LogP contribution in [0.25, 0.3) is 0 Å². The molecule has 2 unspecified atom stereocenters. The van der Waals surface area contributed by atoms with Gasteiger partial charge in [-0.1, -0.05) is 25.0 Å². The smallest absolute Gasteiger partial charge is 0.227 e. The average molecular weight is 332 g/mol. The van der Waals surface area contributed by atoms with Crippen LogP contribution in [0.3, 0.4) is 0 Å². The number of piperidine rings is 1. The van der Waals surface area contributed by atoms with Gasteiger partial charge in [0.15, 0.2) is 0 Å². The van der Waals surface area contributed by atoms with Crippen LogP contribution in [0.2, 0.25) is 0 Å². The summed E-state index contributed by atoms with van der Waals surface area (Å²) < 4.78 is 5.29. The predicted molar refractivity (Wildman–Crippen MR) is 94.2 cm³/mol.